The van der Waals surface area contributed by atoms with E-state index in [0.717, 1.165) is 19.5 Å². The molecule has 0 atom stereocenters. The molecule has 1 aliphatic rings. The Balaban J connectivity index is 0.00000200. The van der Waals surface area contributed by atoms with Crippen molar-refractivity contribution in [1.82, 2.24) is 5.32 Å². The average molecular weight is 307 g/mol. The molecule has 1 aliphatic heterocycles. The maximum absolute atomic E-state index is 14.1. The Morgan fingerprint density at radius 2 is 1.80 bits per heavy atom. The minimum atomic E-state index is -0.464. The normalized spacial score (nSPS) is 15.1. The topological polar surface area (TPSA) is 24.5 Å². The summed E-state index contributed by atoms with van der Waals surface area (Å²) in [5.74, 6) is -0.927. The molecule has 114 valence electrons. The molecule has 2 rings (SSSR count). The van der Waals surface area contributed by atoms with Gasteiger partial charge in [0.2, 0.25) is 0 Å². The monoisotopic (exact) mass is 306 g/mol. The summed E-state index contributed by atoms with van der Waals surface area (Å²) >= 11 is 0. The molecule has 0 aliphatic carbocycles. The third kappa shape index (κ3) is 4.30. The number of hydrogen-bond acceptors (Lipinski definition) is 3. The Morgan fingerprint density at radius 1 is 1.20 bits per heavy atom. The van der Waals surface area contributed by atoms with Crippen molar-refractivity contribution in [3.8, 4) is 0 Å². The van der Waals surface area contributed by atoms with Crippen LogP contribution in [0.25, 0.3) is 0 Å². The van der Waals surface area contributed by atoms with Gasteiger partial charge in [-0.05, 0) is 30.5 Å². The van der Waals surface area contributed by atoms with Gasteiger partial charge in [0.25, 0.3) is 0 Å². The second-order valence-corrected chi connectivity index (χ2v) is 4.74. The Morgan fingerprint density at radius 3 is 2.35 bits per heavy atom. The second kappa shape index (κ2) is 8.39. The first kappa shape index (κ1) is 17.1. The zero-order valence-electron chi connectivity index (χ0n) is 11.6. The molecule has 1 heterocycles. The summed E-state index contributed by atoms with van der Waals surface area (Å²) in [4.78, 5) is 1.76. The van der Waals surface area contributed by atoms with E-state index in [1.165, 1.54) is 12.1 Å². The summed E-state index contributed by atoms with van der Waals surface area (Å²) in [6, 6.07) is 2.88. The quantitative estimate of drug-likeness (QED) is 0.845. The van der Waals surface area contributed by atoms with Crippen LogP contribution in [-0.4, -0.2) is 39.9 Å². The van der Waals surface area contributed by atoms with Crippen LogP contribution < -0.4 is 10.2 Å². The third-order valence-corrected chi connectivity index (χ3v) is 3.32. The molecule has 0 bridgehead atoms. The van der Waals surface area contributed by atoms with Crippen LogP contribution >= 0.6 is 12.4 Å². The Labute approximate surface area is 124 Å². The predicted molar refractivity (Wildman–Crippen MR) is 78.9 cm³/mol. The van der Waals surface area contributed by atoms with E-state index in [1.807, 2.05) is 0 Å². The van der Waals surface area contributed by atoms with Crippen LogP contribution in [0.2, 0.25) is 0 Å². The number of benzene rings is 1. The number of anilines is 1. The van der Waals surface area contributed by atoms with E-state index in [1.54, 1.807) is 12.0 Å². The average Bonchev–Trinajstić information content (AvgIpc) is 2.39. The first-order valence-corrected chi connectivity index (χ1v) is 6.65. The standard InChI is InChI=1S/C14H20F2N2O.ClH/c1-19-8-2-3-11-9-12(15)14(13(16)10-11)18-6-4-17-5-7-18;/h9-10,17H,2-8H2,1H3;1H. The number of ether oxygens (including phenoxy) is 1. The second-order valence-electron chi connectivity index (χ2n) is 4.74. The van der Waals surface area contributed by atoms with Crippen LogP contribution in [0.5, 0.6) is 0 Å². The van der Waals surface area contributed by atoms with Crippen LogP contribution in [0.3, 0.4) is 0 Å². The van der Waals surface area contributed by atoms with Crippen LogP contribution in [0, 0.1) is 11.6 Å². The number of methoxy groups -OCH3 is 1. The summed E-state index contributed by atoms with van der Waals surface area (Å²) in [5.41, 5.74) is 0.794. The molecule has 0 saturated carbocycles. The van der Waals surface area contributed by atoms with Gasteiger partial charge in [0, 0.05) is 39.9 Å². The van der Waals surface area contributed by atoms with Gasteiger partial charge in [-0.25, -0.2) is 8.78 Å². The lowest BCUT2D eigenvalue weighted by atomic mass is 10.1. The molecule has 1 aromatic carbocycles. The number of halogens is 3. The van der Waals surface area contributed by atoms with Gasteiger partial charge in [0.05, 0.1) is 0 Å². The van der Waals surface area contributed by atoms with Gasteiger partial charge in [-0.15, -0.1) is 12.4 Å². The molecule has 1 N–H and O–H groups in total. The van der Waals surface area contributed by atoms with Crippen molar-refractivity contribution in [3.63, 3.8) is 0 Å². The summed E-state index contributed by atoms with van der Waals surface area (Å²) in [6.07, 6.45) is 1.39. The van der Waals surface area contributed by atoms with Gasteiger partial charge in [-0.2, -0.15) is 0 Å². The Hall–Kier alpha value is -0.910. The lowest BCUT2D eigenvalue weighted by Gasteiger charge is -2.30. The van der Waals surface area contributed by atoms with E-state index < -0.39 is 11.6 Å². The van der Waals surface area contributed by atoms with E-state index >= 15 is 0 Å². The van der Waals surface area contributed by atoms with Crippen molar-refractivity contribution in [2.75, 3.05) is 44.8 Å². The van der Waals surface area contributed by atoms with Crippen LogP contribution in [0.15, 0.2) is 12.1 Å². The van der Waals surface area contributed by atoms with Crippen molar-refractivity contribution in [2.24, 2.45) is 0 Å². The highest BCUT2D eigenvalue weighted by Gasteiger charge is 2.19. The molecule has 20 heavy (non-hydrogen) atoms. The molecule has 0 spiro atoms. The van der Waals surface area contributed by atoms with Crippen molar-refractivity contribution in [2.45, 2.75) is 12.8 Å². The van der Waals surface area contributed by atoms with Gasteiger partial charge < -0.3 is 15.0 Å². The lowest BCUT2D eigenvalue weighted by Crippen LogP contribution is -2.44. The minimum absolute atomic E-state index is 0. The van der Waals surface area contributed by atoms with E-state index in [9.17, 15) is 8.78 Å². The largest absolute Gasteiger partial charge is 0.385 e. The van der Waals surface area contributed by atoms with Crippen LogP contribution in [0.4, 0.5) is 14.5 Å². The molecule has 1 saturated heterocycles. The van der Waals surface area contributed by atoms with Crippen LogP contribution in [0.1, 0.15) is 12.0 Å². The smallest absolute Gasteiger partial charge is 0.149 e. The first-order valence-electron chi connectivity index (χ1n) is 6.65. The highest BCUT2D eigenvalue weighted by molar-refractivity contribution is 5.85. The highest BCUT2D eigenvalue weighted by atomic mass is 35.5. The summed E-state index contributed by atoms with van der Waals surface area (Å²) < 4.78 is 33.1. The summed E-state index contributed by atoms with van der Waals surface area (Å²) in [7, 11) is 1.62. The Kier molecular flexibility index (Phi) is 7.19. The molecule has 0 unspecified atom stereocenters. The van der Waals surface area contributed by atoms with Crippen molar-refractivity contribution < 1.29 is 13.5 Å². The van der Waals surface area contributed by atoms with E-state index in [2.05, 4.69) is 5.32 Å². The number of rotatable bonds is 5. The van der Waals surface area contributed by atoms with Crippen molar-refractivity contribution in [1.29, 1.82) is 0 Å². The summed E-state index contributed by atoms with van der Waals surface area (Å²) in [6.45, 7) is 3.39. The van der Waals surface area contributed by atoms with Crippen LogP contribution in [-0.2, 0) is 11.2 Å². The fraction of sp³-hybridized carbons (Fsp3) is 0.571. The van der Waals surface area contributed by atoms with E-state index in [0.29, 0.717) is 31.7 Å². The lowest BCUT2D eigenvalue weighted by molar-refractivity contribution is 0.195. The zero-order valence-corrected chi connectivity index (χ0v) is 12.4. The number of nitrogens with zero attached hydrogens (tertiary/aromatic N) is 1. The molecule has 1 aromatic rings. The van der Waals surface area contributed by atoms with Gasteiger partial charge in [0.1, 0.15) is 17.3 Å². The number of aryl methyl sites for hydroxylation is 1. The molecule has 0 radical (unpaired) electrons. The third-order valence-electron chi connectivity index (χ3n) is 3.32. The molecule has 0 amide bonds. The number of hydrogen-bond donors (Lipinski definition) is 1. The van der Waals surface area contributed by atoms with Crippen molar-refractivity contribution >= 4 is 18.1 Å². The van der Waals surface area contributed by atoms with Gasteiger partial charge in [0.15, 0.2) is 0 Å². The molecule has 3 nitrogen and oxygen atoms in total. The molecule has 0 aromatic heterocycles. The maximum Gasteiger partial charge on any atom is 0.149 e. The SMILES string of the molecule is COCCCc1cc(F)c(N2CCNCC2)c(F)c1.Cl. The van der Waals surface area contributed by atoms with E-state index in [-0.39, 0.29) is 18.1 Å². The first-order chi connectivity index (χ1) is 9.22. The van der Waals surface area contributed by atoms with Gasteiger partial charge in [-0.1, -0.05) is 0 Å². The Bertz CT molecular complexity index is 403. The fourth-order valence-electron chi connectivity index (χ4n) is 2.37. The molecule has 1 fully saturated rings. The maximum atomic E-state index is 14.1. The van der Waals surface area contributed by atoms with E-state index in [4.69, 9.17) is 4.74 Å². The number of nitrogens with one attached hydrogen (secondary N) is 1. The highest BCUT2D eigenvalue weighted by Crippen LogP contribution is 2.25. The van der Waals surface area contributed by atoms with Gasteiger partial charge >= 0.3 is 0 Å². The molecule has 6 heteroatoms. The predicted octanol–water partition coefficient (Wildman–Crippen LogP) is 2.38. The minimum Gasteiger partial charge on any atom is -0.385 e. The van der Waals surface area contributed by atoms with Gasteiger partial charge in [-0.3, -0.25) is 0 Å². The molecular weight excluding hydrogens is 286 g/mol. The summed E-state index contributed by atoms with van der Waals surface area (Å²) in [5, 5.41) is 3.17. The van der Waals surface area contributed by atoms with Crippen molar-refractivity contribution in [3.05, 3.63) is 29.3 Å². The number of piperazine rings is 1. The molecular formula is C14H21ClF2N2O. The zero-order chi connectivity index (χ0) is 13.7. The fourth-order valence-corrected chi connectivity index (χ4v) is 2.37.